The number of carbonyl (C=O) groups excluding carboxylic acids is 1. The molecule has 1 aromatic heterocycles. The summed E-state index contributed by atoms with van der Waals surface area (Å²) in [6, 6.07) is 16.4. The molecular weight excluding hydrogens is 637 g/mol. The number of rotatable bonds is 8. The third-order valence-corrected chi connectivity index (χ3v) is 8.38. The maximum Gasteiger partial charge on any atom is 0.357 e. The van der Waals surface area contributed by atoms with Gasteiger partial charge in [-0.1, -0.05) is 0 Å². The number of nitrogen functional groups attached to an aromatic ring is 1. The number of nitrogens with zero attached hydrogens (tertiary/aromatic N) is 1. The van der Waals surface area contributed by atoms with Gasteiger partial charge < -0.3 is 20.6 Å². The number of anilines is 4. The summed E-state index contributed by atoms with van der Waals surface area (Å²) < 4.78 is 93.9. The molecule has 1 atom stereocenters. The quantitative estimate of drug-likeness (QED) is 0.0776. The number of amides is 1. The molecular formula is C27H22N4O10S3. The number of nitrogens with one attached hydrogen (secondary N) is 2. The first kappa shape index (κ1) is 30.8. The smallest absolute Gasteiger partial charge is 0.357 e. The fraction of sp³-hybridized carbons (Fsp3) is 0.0370. The lowest BCUT2D eigenvalue weighted by Crippen LogP contribution is -2.12. The van der Waals surface area contributed by atoms with E-state index in [0.29, 0.717) is 45.3 Å². The van der Waals surface area contributed by atoms with Gasteiger partial charge in [-0.15, -0.1) is 0 Å². The number of pyridine rings is 1. The van der Waals surface area contributed by atoms with Crippen molar-refractivity contribution in [3.63, 3.8) is 0 Å². The lowest BCUT2D eigenvalue weighted by molar-refractivity contribution is 0.102. The molecule has 1 amide bonds. The number of aryl methyl sites for hydroxylation is 1. The highest BCUT2D eigenvalue weighted by Crippen LogP contribution is 2.39. The molecule has 0 aliphatic rings. The van der Waals surface area contributed by atoms with Gasteiger partial charge in [-0.2, -0.15) is 21.0 Å². The molecule has 14 nitrogen and oxygen atoms in total. The SMILES string of the molecule is Cc1cc(Nc2cc(OS(=O)O)cc3cc(S(=O)(=O)O)cc(S(=O)(=O)O)c23)c2cc(NC(=O)c3ccc(N)cc3)ccc2n1. The van der Waals surface area contributed by atoms with Gasteiger partial charge in [0, 0.05) is 45.2 Å². The normalized spacial score (nSPS) is 12.6. The van der Waals surface area contributed by atoms with Gasteiger partial charge >= 0.3 is 11.4 Å². The second kappa shape index (κ2) is 11.5. The van der Waals surface area contributed by atoms with Gasteiger partial charge in [0.15, 0.2) is 0 Å². The molecule has 5 rings (SSSR count). The van der Waals surface area contributed by atoms with E-state index in [1.165, 1.54) is 0 Å². The van der Waals surface area contributed by atoms with Gasteiger partial charge in [-0.05, 0) is 79.0 Å². The number of benzene rings is 4. The Bertz CT molecular complexity index is 2220. The molecule has 4 aromatic carbocycles. The van der Waals surface area contributed by atoms with Crippen LogP contribution in [0.4, 0.5) is 22.7 Å². The van der Waals surface area contributed by atoms with E-state index in [4.69, 9.17) is 9.92 Å². The summed E-state index contributed by atoms with van der Waals surface area (Å²) in [4.78, 5) is 15.6. The molecule has 0 bridgehead atoms. The van der Waals surface area contributed by atoms with Crippen molar-refractivity contribution in [1.29, 1.82) is 0 Å². The van der Waals surface area contributed by atoms with Crippen LogP contribution in [-0.2, 0) is 31.6 Å². The highest BCUT2D eigenvalue weighted by atomic mass is 32.2. The molecule has 17 heteroatoms. The van der Waals surface area contributed by atoms with E-state index >= 15 is 0 Å². The number of fused-ring (bicyclic) bond motifs is 2. The predicted molar refractivity (Wildman–Crippen MR) is 164 cm³/mol. The minimum Gasteiger partial charge on any atom is -0.399 e. The summed E-state index contributed by atoms with van der Waals surface area (Å²) in [6.45, 7) is 1.69. The summed E-state index contributed by atoms with van der Waals surface area (Å²) in [5.74, 6) is -0.708. The van der Waals surface area contributed by atoms with Gasteiger partial charge in [0.05, 0.1) is 16.1 Å². The van der Waals surface area contributed by atoms with Crippen molar-refractivity contribution in [3.05, 3.63) is 84.1 Å². The first-order valence-electron chi connectivity index (χ1n) is 12.3. The highest BCUT2D eigenvalue weighted by Gasteiger charge is 2.24. The van der Waals surface area contributed by atoms with Crippen molar-refractivity contribution in [2.75, 3.05) is 16.4 Å². The monoisotopic (exact) mass is 658 g/mol. The molecule has 44 heavy (non-hydrogen) atoms. The number of hydrogen-bond acceptors (Lipinski definition) is 10. The third kappa shape index (κ3) is 6.62. The maximum atomic E-state index is 12.8. The summed E-state index contributed by atoms with van der Waals surface area (Å²) in [7, 11) is -10.0. The maximum absolute atomic E-state index is 12.8. The number of nitrogens with two attached hydrogens (primary N) is 1. The van der Waals surface area contributed by atoms with Crippen LogP contribution in [-0.4, -0.2) is 45.6 Å². The van der Waals surface area contributed by atoms with E-state index in [1.54, 1.807) is 55.5 Å². The summed E-state index contributed by atoms with van der Waals surface area (Å²) in [6.07, 6.45) is 0. The van der Waals surface area contributed by atoms with Gasteiger partial charge in [0.2, 0.25) is 0 Å². The minimum atomic E-state index is -5.10. The first-order valence-corrected chi connectivity index (χ1v) is 16.2. The van der Waals surface area contributed by atoms with Crippen LogP contribution in [0.1, 0.15) is 16.1 Å². The number of carbonyl (C=O) groups is 1. The van der Waals surface area contributed by atoms with Crippen LogP contribution in [0.3, 0.4) is 0 Å². The zero-order valence-electron chi connectivity index (χ0n) is 22.4. The average molecular weight is 659 g/mol. The molecule has 0 aliphatic heterocycles. The van der Waals surface area contributed by atoms with E-state index < -0.39 is 47.3 Å². The molecule has 0 spiro atoms. The molecule has 0 radical (unpaired) electrons. The third-order valence-electron chi connectivity index (χ3n) is 6.34. The zero-order valence-corrected chi connectivity index (χ0v) is 24.8. The Hall–Kier alpha value is -4.65. The minimum absolute atomic E-state index is 0.0966. The molecule has 0 saturated carbocycles. The van der Waals surface area contributed by atoms with Crippen LogP contribution in [0.2, 0.25) is 0 Å². The Morgan fingerprint density at radius 2 is 1.61 bits per heavy atom. The summed E-state index contributed by atoms with van der Waals surface area (Å²) >= 11 is -2.83. The molecule has 1 unspecified atom stereocenters. The van der Waals surface area contributed by atoms with Crippen molar-refractivity contribution in [2.24, 2.45) is 0 Å². The van der Waals surface area contributed by atoms with E-state index in [0.717, 1.165) is 18.2 Å². The predicted octanol–water partition coefficient (Wildman–Crippen LogP) is 4.28. The van der Waals surface area contributed by atoms with Crippen molar-refractivity contribution in [1.82, 2.24) is 4.98 Å². The van der Waals surface area contributed by atoms with Crippen LogP contribution >= 0.6 is 0 Å². The van der Waals surface area contributed by atoms with Crippen LogP contribution in [0.15, 0.2) is 82.6 Å². The second-order valence-electron chi connectivity index (χ2n) is 9.49. The Morgan fingerprint density at radius 3 is 2.25 bits per heavy atom. The Labute approximate surface area is 252 Å². The molecule has 0 saturated heterocycles. The first-order chi connectivity index (χ1) is 20.6. The largest absolute Gasteiger partial charge is 0.399 e. The van der Waals surface area contributed by atoms with Gasteiger partial charge in [-0.25, -0.2) is 0 Å². The lowest BCUT2D eigenvalue weighted by atomic mass is 10.1. The Balaban J connectivity index is 1.69. The van der Waals surface area contributed by atoms with Gasteiger partial charge in [0.25, 0.3) is 26.1 Å². The van der Waals surface area contributed by atoms with E-state index in [9.17, 15) is 39.5 Å². The molecule has 0 fully saturated rings. The van der Waals surface area contributed by atoms with Crippen LogP contribution in [0, 0.1) is 6.92 Å². The van der Waals surface area contributed by atoms with E-state index in [-0.39, 0.29) is 22.2 Å². The Morgan fingerprint density at radius 1 is 0.909 bits per heavy atom. The van der Waals surface area contributed by atoms with E-state index in [1.807, 2.05) is 0 Å². The van der Waals surface area contributed by atoms with Crippen molar-refractivity contribution in [2.45, 2.75) is 16.7 Å². The summed E-state index contributed by atoms with van der Waals surface area (Å²) in [5, 5.41) is 5.82. The van der Waals surface area contributed by atoms with Crippen LogP contribution < -0.4 is 20.6 Å². The fourth-order valence-corrected chi connectivity index (χ4v) is 6.17. The topological polar surface area (TPSA) is 235 Å². The number of aromatic nitrogens is 1. The average Bonchev–Trinajstić information content (AvgIpc) is 2.91. The second-order valence-corrected chi connectivity index (χ2v) is 12.9. The standard InChI is InChI=1S/C27H22N4O10S3/c1-14-8-23(21-11-18(6-7-22(21)29-14)30-27(32)15-2-4-17(28)5-3-15)31-24-12-19(41-42(33)34)9-16-10-20(43(35,36)37)13-25(26(16)24)44(38,39)40/h2-13H,28H2,1H3,(H,29,31)(H,30,32)(H,33,34)(H,35,36,37)(H,38,39,40). The van der Waals surface area contributed by atoms with Crippen molar-refractivity contribution < 1.29 is 43.7 Å². The van der Waals surface area contributed by atoms with Gasteiger partial charge in [-0.3, -0.25) is 23.4 Å². The van der Waals surface area contributed by atoms with Gasteiger partial charge in [0.1, 0.15) is 10.6 Å². The van der Waals surface area contributed by atoms with Crippen LogP contribution in [0.25, 0.3) is 21.7 Å². The number of hydrogen-bond donors (Lipinski definition) is 6. The molecule has 0 aliphatic carbocycles. The molecule has 7 N–H and O–H groups in total. The zero-order chi connectivity index (χ0) is 32.0. The molecule has 228 valence electrons. The molecule has 1 heterocycles. The fourth-order valence-electron chi connectivity index (χ4n) is 4.53. The molecule has 5 aromatic rings. The van der Waals surface area contributed by atoms with Crippen molar-refractivity contribution >= 4 is 81.9 Å². The van der Waals surface area contributed by atoms with Crippen LogP contribution in [0.5, 0.6) is 5.75 Å². The Kier molecular flexibility index (Phi) is 8.02. The van der Waals surface area contributed by atoms with Crippen molar-refractivity contribution in [3.8, 4) is 5.75 Å². The highest BCUT2D eigenvalue weighted by molar-refractivity contribution is 7.86. The summed E-state index contributed by atoms with van der Waals surface area (Å²) in [5.41, 5.74) is 8.13. The lowest BCUT2D eigenvalue weighted by Gasteiger charge is -2.17. The van der Waals surface area contributed by atoms with E-state index in [2.05, 4.69) is 15.6 Å².